The maximum absolute atomic E-state index is 12.7. The van der Waals surface area contributed by atoms with Crippen LogP contribution in [0.3, 0.4) is 0 Å². The number of carbonyl (C=O) groups is 1. The van der Waals surface area contributed by atoms with E-state index in [2.05, 4.69) is 20.1 Å². The van der Waals surface area contributed by atoms with E-state index < -0.39 is 0 Å². The van der Waals surface area contributed by atoms with Crippen LogP contribution in [0.5, 0.6) is 5.75 Å². The van der Waals surface area contributed by atoms with Crippen molar-refractivity contribution in [1.29, 1.82) is 0 Å². The highest BCUT2D eigenvalue weighted by molar-refractivity contribution is 6.05. The van der Waals surface area contributed by atoms with E-state index in [9.17, 15) is 9.90 Å². The fourth-order valence-electron chi connectivity index (χ4n) is 4.75. The molecule has 3 aliphatic heterocycles. The zero-order valence-electron chi connectivity index (χ0n) is 17.8. The molecule has 2 fully saturated rings. The first-order chi connectivity index (χ1) is 15.6. The minimum absolute atomic E-state index is 0.147. The summed E-state index contributed by atoms with van der Waals surface area (Å²) in [4.78, 5) is 21.9. The van der Waals surface area contributed by atoms with E-state index in [0.717, 1.165) is 62.3 Å². The minimum Gasteiger partial charge on any atom is -0.493 e. The molecule has 1 amide bonds. The summed E-state index contributed by atoms with van der Waals surface area (Å²) in [7, 11) is 0. The molecule has 8 nitrogen and oxygen atoms in total. The molecule has 1 aromatic heterocycles. The van der Waals surface area contributed by atoms with E-state index in [4.69, 9.17) is 9.15 Å². The number of hydrogen-bond acceptors (Lipinski definition) is 7. The number of carbonyl (C=O) groups excluding carboxylic acids is 1. The number of amides is 1. The maximum Gasteiger partial charge on any atom is 0.298 e. The monoisotopic (exact) mass is 434 g/mol. The van der Waals surface area contributed by atoms with Crippen LogP contribution in [-0.4, -0.2) is 65.8 Å². The average molecular weight is 434 g/mol. The number of ether oxygens (including phenoxy) is 1. The van der Waals surface area contributed by atoms with Crippen LogP contribution in [0.4, 0.5) is 11.7 Å². The summed E-state index contributed by atoms with van der Waals surface area (Å²) in [6.07, 6.45) is 2.40. The Morgan fingerprint density at radius 1 is 1.12 bits per heavy atom. The number of piperidine rings is 1. The summed E-state index contributed by atoms with van der Waals surface area (Å²) in [5.41, 5.74) is 3.81. The molecule has 8 heteroatoms. The number of likely N-dealkylation sites (tertiary alicyclic amines) is 1. The van der Waals surface area contributed by atoms with Crippen molar-refractivity contribution < 1.29 is 19.1 Å². The third kappa shape index (κ3) is 3.59. The Bertz CT molecular complexity index is 1160. The quantitative estimate of drug-likeness (QED) is 0.652. The van der Waals surface area contributed by atoms with Gasteiger partial charge in [0, 0.05) is 49.9 Å². The molecule has 6 rings (SSSR count). The van der Waals surface area contributed by atoms with Crippen LogP contribution in [0.15, 0.2) is 40.8 Å². The number of benzene rings is 2. The first kappa shape index (κ1) is 19.6. The number of rotatable bonds is 4. The van der Waals surface area contributed by atoms with Crippen LogP contribution >= 0.6 is 0 Å². The van der Waals surface area contributed by atoms with Crippen molar-refractivity contribution in [2.24, 2.45) is 0 Å². The molecule has 166 valence electrons. The Balaban J connectivity index is 1.12. The van der Waals surface area contributed by atoms with Gasteiger partial charge in [-0.1, -0.05) is 0 Å². The van der Waals surface area contributed by atoms with Gasteiger partial charge in [-0.15, -0.1) is 0 Å². The van der Waals surface area contributed by atoms with E-state index in [-0.39, 0.29) is 12.0 Å². The number of anilines is 2. The molecule has 0 saturated carbocycles. The standard InChI is InChI=1S/C24H26N4O4/c29-19-5-8-27(9-6-19)18-13-28(14-18)24-26-20-12-17(2-4-22(20)32-24)25-23(30)16-1-3-21-15(11-16)7-10-31-21/h1-4,11-12,18-19,29H,5-10,13-14H2,(H,25,30). The first-order valence-electron chi connectivity index (χ1n) is 11.3. The summed E-state index contributed by atoms with van der Waals surface area (Å²) in [6, 6.07) is 12.2. The van der Waals surface area contributed by atoms with Gasteiger partial charge in [0.15, 0.2) is 5.58 Å². The second-order valence-corrected chi connectivity index (χ2v) is 8.88. The van der Waals surface area contributed by atoms with Crippen molar-refractivity contribution in [3.63, 3.8) is 0 Å². The summed E-state index contributed by atoms with van der Waals surface area (Å²) in [6.45, 7) is 4.34. The molecule has 0 spiro atoms. The third-order valence-electron chi connectivity index (χ3n) is 6.73. The lowest BCUT2D eigenvalue weighted by molar-refractivity contribution is 0.0522. The Labute approximate surface area is 185 Å². The lowest BCUT2D eigenvalue weighted by Gasteiger charge is -2.46. The molecular formula is C24H26N4O4. The van der Waals surface area contributed by atoms with Crippen molar-refractivity contribution in [2.45, 2.75) is 31.4 Å². The molecular weight excluding hydrogens is 408 g/mol. The normalized spacial score (nSPS) is 19.6. The average Bonchev–Trinajstić information content (AvgIpc) is 3.39. The van der Waals surface area contributed by atoms with Gasteiger partial charge in [-0.2, -0.15) is 4.98 Å². The number of nitrogens with one attached hydrogen (secondary N) is 1. The SMILES string of the molecule is O=C(Nc1ccc2oc(N3CC(N4CCC(O)CC4)C3)nc2c1)c1ccc2c(c1)CCO2. The Hall–Kier alpha value is -3.10. The smallest absolute Gasteiger partial charge is 0.298 e. The molecule has 2 aromatic carbocycles. The van der Waals surface area contributed by atoms with Crippen LogP contribution in [0.25, 0.3) is 11.1 Å². The molecule has 0 aliphatic carbocycles. The number of hydrogen-bond donors (Lipinski definition) is 2. The van der Waals surface area contributed by atoms with E-state index in [0.29, 0.717) is 35.5 Å². The fourth-order valence-corrected chi connectivity index (χ4v) is 4.75. The molecule has 4 heterocycles. The van der Waals surface area contributed by atoms with Crippen molar-refractivity contribution in [3.05, 3.63) is 47.5 Å². The number of nitrogens with zero attached hydrogens (tertiary/aromatic N) is 3. The van der Waals surface area contributed by atoms with Crippen LogP contribution in [0.1, 0.15) is 28.8 Å². The Kier molecular flexibility index (Phi) is 4.77. The predicted octanol–water partition coefficient (Wildman–Crippen LogP) is 2.66. The highest BCUT2D eigenvalue weighted by Crippen LogP contribution is 2.30. The second-order valence-electron chi connectivity index (χ2n) is 8.88. The summed E-state index contributed by atoms with van der Waals surface area (Å²) < 4.78 is 11.5. The van der Waals surface area contributed by atoms with Crippen molar-refractivity contribution in [2.75, 3.05) is 43.0 Å². The van der Waals surface area contributed by atoms with Gasteiger partial charge < -0.3 is 24.5 Å². The molecule has 3 aliphatic rings. The zero-order chi connectivity index (χ0) is 21.7. The zero-order valence-corrected chi connectivity index (χ0v) is 17.8. The van der Waals surface area contributed by atoms with Gasteiger partial charge in [0.05, 0.1) is 12.7 Å². The van der Waals surface area contributed by atoms with E-state index >= 15 is 0 Å². The van der Waals surface area contributed by atoms with Crippen molar-refractivity contribution in [1.82, 2.24) is 9.88 Å². The van der Waals surface area contributed by atoms with Gasteiger partial charge in [0.2, 0.25) is 0 Å². The predicted molar refractivity (Wildman–Crippen MR) is 120 cm³/mol. The number of fused-ring (bicyclic) bond motifs is 2. The Morgan fingerprint density at radius 3 is 2.81 bits per heavy atom. The molecule has 3 aromatic rings. The summed E-state index contributed by atoms with van der Waals surface area (Å²) in [5, 5.41) is 12.7. The van der Waals surface area contributed by atoms with Gasteiger partial charge in [0.1, 0.15) is 11.3 Å². The second kappa shape index (κ2) is 7.79. The minimum atomic E-state index is -0.153. The molecule has 0 atom stereocenters. The number of aliphatic hydroxyl groups excluding tert-OH is 1. The summed E-state index contributed by atoms with van der Waals surface area (Å²) in [5.74, 6) is 0.712. The van der Waals surface area contributed by atoms with Crippen LogP contribution in [0, 0.1) is 0 Å². The first-order valence-corrected chi connectivity index (χ1v) is 11.3. The highest BCUT2D eigenvalue weighted by Gasteiger charge is 2.35. The van der Waals surface area contributed by atoms with Gasteiger partial charge >= 0.3 is 0 Å². The largest absolute Gasteiger partial charge is 0.493 e. The van der Waals surface area contributed by atoms with E-state index in [1.165, 1.54) is 0 Å². The van der Waals surface area contributed by atoms with Crippen molar-refractivity contribution >= 4 is 28.7 Å². The lowest BCUT2D eigenvalue weighted by atomic mass is 10.0. The summed E-state index contributed by atoms with van der Waals surface area (Å²) >= 11 is 0. The van der Waals surface area contributed by atoms with Crippen LogP contribution in [-0.2, 0) is 6.42 Å². The topological polar surface area (TPSA) is 91.1 Å². The van der Waals surface area contributed by atoms with E-state index in [1.807, 2.05) is 30.3 Å². The Morgan fingerprint density at radius 2 is 1.97 bits per heavy atom. The maximum atomic E-state index is 12.7. The molecule has 0 radical (unpaired) electrons. The van der Waals surface area contributed by atoms with Gasteiger partial charge in [-0.3, -0.25) is 9.69 Å². The number of aliphatic hydroxyl groups is 1. The number of aromatic nitrogens is 1. The third-order valence-corrected chi connectivity index (χ3v) is 6.73. The molecule has 0 unspecified atom stereocenters. The van der Waals surface area contributed by atoms with Crippen LogP contribution < -0.4 is 15.0 Å². The fraction of sp³-hybridized carbons (Fsp3) is 0.417. The number of oxazole rings is 1. The van der Waals surface area contributed by atoms with E-state index in [1.54, 1.807) is 6.07 Å². The molecule has 0 bridgehead atoms. The van der Waals surface area contributed by atoms with Gasteiger partial charge in [0.25, 0.3) is 11.9 Å². The van der Waals surface area contributed by atoms with Gasteiger partial charge in [-0.05, 0) is 54.8 Å². The van der Waals surface area contributed by atoms with Crippen molar-refractivity contribution in [3.8, 4) is 5.75 Å². The molecule has 2 N–H and O–H groups in total. The van der Waals surface area contributed by atoms with Gasteiger partial charge in [-0.25, -0.2) is 0 Å². The lowest BCUT2D eigenvalue weighted by Crippen LogP contribution is -2.61. The highest BCUT2D eigenvalue weighted by atomic mass is 16.5. The molecule has 32 heavy (non-hydrogen) atoms. The molecule has 2 saturated heterocycles. The van der Waals surface area contributed by atoms with Crippen LogP contribution in [0.2, 0.25) is 0 Å².